The quantitative estimate of drug-likeness (QED) is 0.582. The molecule has 2 heterocycles. The lowest BCUT2D eigenvalue weighted by atomic mass is 10.0. The van der Waals surface area contributed by atoms with Gasteiger partial charge >= 0.3 is 5.97 Å². The Balaban J connectivity index is 1.59. The van der Waals surface area contributed by atoms with E-state index < -0.39 is 16.0 Å². The number of sulfonamides is 1. The molecule has 1 saturated heterocycles. The van der Waals surface area contributed by atoms with Gasteiger partial charge in [0.05, 0.1) is 6.26 Å². The van der Waals surface area contributed by atoms with E-state index >= 15 is 0 Å². The smallest absolute Gasteiger partial charge is 0.365 e. The van der Waals surface area contributed by atoms with E-state index in [1.165, 1.54) is 10.6 Å². The maximum atomic E-state index is 12.3. The Morgan fingerprint density at radius 3 is 2.64 bits per heavy atom. The van der Waals surface area contributed by atoms with Crippen molar-refractivity contribution >= 4 is 32.7 Å². The topological polar surface area (TPSA) is 79.3 Å². The first-order chi connectivity index (χ1) is 13.4. The molecule has 2 aromatic rings. The normalized spacial score (nSPS) is 20.3. The average Bonchev–Trinajstić information content (AvgIpc) is 2.87. The van der Waals surface area contributed by atoms with Gasteiger partial charge in [0, 0.05) is 37.9 Å². The predicted molar refractivity (Wildman–Crippen MR) is 107 cm³/mol. The van der Waals surface area contributed by atoms with Crippen LogP contribution in [0.5, 0.6) is 0 Å². The van der Waals surface area contributed by atoms with Crippen LogP contribution < -0.4 is 0 Å². The molecular weight excluding hydrogens is 378 g/mol. The van der Waals surface area contributed by atoms with E-state index in [1.54, 1.807) is 6.20 Å². The third-order valence-corrected chi connectivity index (χ3v) is 6.21. The van der Waals surface area contributed by atoms with Crippen LogP contribution in [0.4, 0.5) is 0 Å². The minimum absolute atomic E-state index is 0.232. The number of nitrogens with zero attached hydrogens (tertiary/aromatic N) is 3. The third-order valence-electron chi connectivity index (χ3n) is 4.90. The zero-order valence-corrected chi connectivity index (χ0v) is 16.4. The number of cyclic esters (lactones) is 1. The molecule has 0 N–H and O–H groups in total. The molecule has 0 atom stereocenters. The summed E-state index contributed by atoms with van der Waals surface area (Å²) in [5.74, 6) is -0.201. The van der Waals surface area contributed by atoms with Crippen molar-refractivity contribution in [1.29, 1.82) is 0 Å². The van der Waals surface area contributed by atoms with Crippen LogP contribution in [0.3, 0.4) is 0 Å². The van der Waals surface area contributed by atoms with Gasteiger partial charge in [-0.2, -0.15) is 0 Å². The molecule has 0 unspecified atom stereocenters. The average molecular weight is 399 g/mol. The van der Waals surface area contributed by atoms with E-state index in [0.717, 1.165) is 16.3 Å². The van der Waals surface area contributed by atoms with Crippen molar-refractivity contribution in [3.05, 3.63) is 59.9 Å². The van der Waals surface area contributed by atoms with E-state index in [4.69, 9.17) is 4.74 Å². The van der Waals surface area contributed by atoms with E-state index in [0.29, 0.717) is 38.5 Å². The van der Waals surface area contributed by atoms with Crippen molar-refractivity contribution < 1.29 is 17.9 Å². The number of hydrogen-bond acceptors (Lipinski definition) is 6. The third kappa shape index (κ3) is 3.79. The molecule has 146 valence electrons. The monoisotopic (exact) mass is 399 g/mol. The molecule has 1 fully saturated rings. The van der Waals surface area contributed by atoms with Crippen LogP contribution in [0.15, 0.2) is 59.4 Å². The SMILES string of the molecule is CS(=O)(=O)N1CCCN(C=C2N=C(c3cccc4ccccc34)OC2=O)CC1. The van der Waals surface area contributed by atoms with Crippen LogP contribution in [0.25, 0.3) is 10.8 Å². The highest BCUT2D eigenvalue weighted by molar-refractivity contribution is 7.88. The molecule has 4 rings (SSSR count). The first kappa shape index (κ1) is 18.6. The Bertz CT molecular complexity index is 1090. The van der Waals surface area contributed by atoms with Gasteiger partial charge < -0.3 is 9.64 Å². The Hall–Kier alpha value is -2.71. The first-order valence-electron chi connectivity index (χ1n) is 9.12. The van der Waals surface area contributed by atoms with Gasteiger partial charge in [0.2, 0.25) is 15.9 Å². The van der Waals surface area contributed by atoms with Crippen molar-refractivity contribution in [3.63, 3.8) is 0 Å². The zero-order valence-electron chi connectivity index (χ0n) is 15.5. The fourth-order valence-electron chi connectivity index (χ4n) is 3.47. The number of hydrogen-bond donors (Lipinski definition) is 0. The number of fused-ring (bicyclic) bond motifs is 1. The lowest BCUT2D eigenvalue weighted by Crippen LogP contribution is -2.33. The van der Waals surface area contributed by atoms with E-state index in [1.807, 2.05) is 47.4 Å². The Morgan fingerprint density at radius 2 is 1.82 bits per heavy atom. The fraction of sp³-hybridized carbons (Fsp3) is 0.300. The van der Waals surface area contributed by atoms with Crippen LogP contribution in [0.2, 0.25) is 0 Å². The number of esters is 1. The lowest BCUT2D eigenvalue weighted by Gasteiger charge is -2.18. The second-order valence-electron chi connectivity index (χ2n) is 6.90. The second-order valence-corrected chi connectivity index (χ2v) is 8.88. The summed E-state index contributed by atoms with van der Waals surface area (Å²) in [7, 11) is -3.21. The summed E-state index contributed by atoms with van der Waals surface area (Å²) in [4.78, 5) is 18.7. The maximum absolute atomic E-state index is 12.3. The maximum Gasteiger partial charge on any atom is 0.365 e. The van der Waals surface area contributed by atoms with Crippen LogP contribution >= 0.6 is 0 Å². The summed E-state index contributed by atoms with van der Waals surface area (Å²) in [6.45, 7) is 2.02. The van der Waals surface area contributed by atoms with Crippen molar-refractivity contribution in [3.8, 4) is 0 Å². The molecule has 0 radical (unpaired) electrons. The van der Waals surface area contributed by atoms with Crippen LogP contribution in [-0.2, 0) is 19.6 Å². The molecule has 2 aromatic carbocycles. The Kier molecular flexibility index (Phi) is 4.91. The summed E-state index contributed by atoms with van der Waals surface area (Å²) in [5.41, 5.74) is 1.00. The molecule has 0 bridgehead atoms. The van der Waals surface area contributed by atoms with E-state index in [-0.39, 0.29) is 5.70 Å². The van der Waals surface area contributed by atoms with Gasteiger partial charge in [0.15, 0.2) is 5.70 Å². The number of rotatable bonds is 3. The molecule has 28 heavy (non-hydrogen) atoms. The molecule has 2 aliphatic heterocycles. The first-order valence-corrected chi connectivity index (χ1v) is 11.0. The molecule has 0 amide bonds. The van der Waals surface area contributed by atoms with Gasteiger partial charge in [0.25, 0.3) is 0 Å². The number of benzene rings is 2. The summed E-state index contributed by atoms with van der Waals surface area (Å²) >= 11 is 0. The van der Waals surface area contributed by atoms with Gasteiger partial charge in [0.1, 0.15) is 0 Å². The number of carbonyl (C=O) groups is 1. The largest absolute Gasteiger partial charge is 0.402 e. The molecule has 0 aromatic heterocycles. The van der Waals surface area contributed by atoms with Crippen LogP contribution in [0, 0.1) is 0 Å². The predicted octanol–water partition coefficient (Wildman–Crippen LogP) is 1.95. The van der Waals surface area contributed by atoms with E-state index in [2.05, 4.69) is 4.99 Å². The van der Waals surface area contributed by atoms with Crippen molar-refractivity contribution in [2.45, 2.75) is 6.42 Å². The van der Waals surface area contributed by atoms with Gasteiger partial charge in [-0.25, -0.2) is 22.5 Å². The minimum Gasteiger partial charge on any atom is -0.402 e. The summed E-state index contributed by atoms with van der Waals surface area (Å²) in [5, 5.41) is 2.01. The van der Waals surface area contributed by atoms with Gasteiger partial charge in [-0.15, -0.1) is 0 Å². The second kappa shape index (κ2) is 7.37. The van der Waals surface area contributed by atoms with Crippen molar-refractivity contribution in [1.82, 2.24) is 9.21 Å². The summed E-state index contributed by atoms with van der Waals surface area (Å²) < 4.78 is 30.4. The molecule has 2 aliphatic rings. The highest BCUT2D eigenvalue weighted by Gasteiger charge is 2.27. The van der Waals surface area contributed by atoms with Gasteiger partial charge in [-0.3, -0.25) is 0 Å². The van der Waals surface area contributed by atoms with Crippen molar-refractivity contribution in [2.24, 2.45) is 4.99 Å². The summed E-state index contributed by atoms with van der Waals surface area (Å²) in [6.07, 6.45) is 3.58. The fourth-order valence-corrected chi connectivity index (χ4v) is 4.35. The van der Waals surface area contributed by atoms with Crippen LogP contribution in [-0.4, -0.2) is 61.9 Å². The molecule has 0 aliphatic carbocycles. The molecule has 0 saturated carbocycles. The molecule has 0 spiro atoms. The van der Waals surface area contributed by atoms with Gasteiger partial charge in [-0.1, -0.05) is 36.4 Å². The lowest BCUT2D eigenvalue weighted by molar-refractivity contribution is -0.130. The Labute approximate surface area is 164 Å². The number of ether oxygens (including phenoxy) is 1. The van der Waals surface area contributed by atoms with Crippen LogP contribution in [0.1, 0.15) is 12.0 Å². The minimum atomic E-state index is -3.21. The highest BCUT2D eigenvalue weighted by Crippen LogP contribution is 2.24. The standard InChI is InChI=1S/C20H21N3O4S/c1-28(25,26)23-11-5-10-22(12-13-23)14-18-20(24)27-19(21-18)17-9-4-7-15-6-2-3-8-16(15)17/h2-4,6-9,14H,5,10-13H2,1H3. The molecular formula is C20H21N3O4S. The highest BCUT2D eigenvalue weighted by atomic mass is 32.2. The summed E-state index contributed by atoms with van der Waals surface area (Å²) in [6, 6.07) is 13.6. The molecule has 8 heteroatoms. The molecule has 7 nitrogen and oxygen atoms in total. The number of aliphatic imine (C=N–C) groups is 1. The van der Waals surface area contributed by atoms with Gasteiger partial charge in [-0.05, 0) is 23.3 Å². The Morgan fingerprint density at radius 1 is 1.04 bits per heavy atom. The van der Waals surface area contributed by atoms with E-state index in [9.17, 15) is 13.2 Å². The van der Waals surface area contributed by atoms with Crippen molar-refractivity contribution in [2.75, 3.05) is 32.4 Å². The number of carbonyl (C=O) groups excluding carboxylic acids is 1. The zero-order chi connectivity index (χ0) is 19.7.